The molecular formula is C22H27ClN6. The number of aromatic nitrogens is 3. The molecule has 0 aliphatic carbocycles. The lowest BCUT2D eigenvalue weighted by Crippen LogP contribution is -2.24. The predicted octanol–water partition coefficient (Wildman–Crippen LogP) is 4.31. The van der Waals surface area contributed by atoms with Crippen molar-refractivity contribution >= 4 is 29.1 Å². The Kier molecular flexibility index (Phi) is 7.01. The summed E-state index contributed by atoms with van der Waals surface area (Å²) in [5, 5.41) is 3.87. The Bertz CT molecular complexity index is 962. The minimum absolute atomic E-state index is 0.616. The van der Waals surface area contributed by atoms with Crippen molar-refractivity contribution in [2.45, 2.75) is 13.3 Å². The van der Waals surface area contributed by atoms with Crippen molar-refractivity contribution in [1.29, 1.82) is 0 Å². The van der Waals surface area contributed by atoms with Crippen LogP contribution in [0, 0.1) is 6.92 Å². The maximum Gasteiger partial charge on any atom is 0.230 e. The Hall–Kier alpha value is -2.70. The Morgan fingerprint density at radius 3 is 2.62 bits per heavy atom. The van der Waals surface area contributed by atoms with Gasteiger partial charge in [-0.05, 0) is 57.3 Å². The minimum atomic E-state index is 0.616. The maximum absolute atomic E-state index is 6.13. The summed E-state index contributed by atoms with van der Waals surface area (Å²) in [5.74, 6) is 1.59. The van der Waals surface area contributed by atoms with E-state index in [1.165, 1.54) is 0 Å². The molecule has 2 heterocycles. The van der Waals surface area contributed by atoms with E-state index in [0.717, 1.165) is 47.8 Å². The van der Waals surface area contributed by atoms with E-state index in [-0.39, 0.29) is 0 Å². The van der Waals surface area contributed by atoms with Crippen LogP contribution < -0.4 is 15.1 Å². The summed E-state index contributed by atoms with van der Waals surface area (Å²) in [6, 6.07) is 11.6. The van der Waals surface area contributed by atoms with Crippen molar-refractivity contribution in [2.75, 3.05) is 44.0 Å². The second-order valence-corrected chi connectivity index (χ2v) is 7.40. The zero-order chi connectivity index (χ0) is 20.8. The zero-order valence-electron chi connectivity index (χ0n) is 17.4. The molecule has 0 amide bonds. The Morgan fingerprint density at radius 2 is 1.86 bits per heavy atom. The van der Waals surface area contributed by atoms with Gasteiger partial charge in [-0.25, -0.2) is 15.0 Å². The number of benzene rings is 1. The molecular weight excluding hydrogens is 384 g/mol. The lowest BCUT2D eigenvalue weighted by Gasteiger charge is -2.22. The van der Waals surface area contributed by atoms with Crippen molar-refractivity contribution in [3.05, 3.63) is 59.4 Å². The summed E-state index contributed by atoms with van der Waals surface area (Å²) < 4.78 is 0. The van der Waals surface area contributed by atoms with Crippen molar-refractivity contribution < 1.29 is 0 Å². The molecule has 0 aliphatic rings. The lowest BCUT2D eigenvalue weighted by atomic mass is 10.1. The van der Waals surface area contributed by atoms with Gasteiger partial charge < -0.3 is 15.1 Å². The first-order valence-electron chi connectivity index (χ1n) is 9.65. The van der Waals surface area contributed by atoms with Crippen molar-refractivity contribution in [2.24, 2.45) is 0 Å². The molecule has 2 aromatic heterocycles. The summed E-state index contributed by atoms with van der Waals surface area (Å²) in [7, 11) is 5.98. The number of hydrogen-bond acceptors (Lipinski definition) is 6. The van der Waals surface area contributed by atoms with E-state index < -0.39 is 0 Å². The fourth-order valence-electron chi connectivity index (χ4n) is 3.25. The maximum atomic E-state index is 6.13. The van der Waals surface area contributed by atoms with Gasteiger partial charge in [0, 0.05) is 54.9 Å². The molecule has 0 bridgehead atoms. The van der Waals surface area contributed by atoms with Crippen LogP contribution in [0.3, 0.4) is 0 Å². The molecule has 7 heteroatoms. The number of anilines is 3. The summed E-state index contributed by atoms with van der Waals surface area (Å²) in [6.07, 6.45) is 4.68. The molecule has 0 atom stereocenters. The van der Waals surface area contributed by atoms with E-state index in [2.05, 4.69) is 34.2 Å². The first kappa shape index (κ1) is 21.0. The van der Waals surface area contributed by atoms with Gasteiger partial charge in [-0.3, -0.25) is 0 Å². The fourth-order valence-corrected chi connectivity index (χ4v) is 3.43. The van der Waals surface area contributed by atoms with Crippen LogP contribution in [0.1, 0.15) is 12.0 Å². The van der Waals surface area contributed by atoms with E-state index in [0.29, 0.717) is 11.0 Å². The van der Waals surface area contributed by atoms with Gasteiger partial charge in [0.2, 0.25) is 5.95 Å². The molecule has 1 aromatic carbocycles. The third-order valence-electron chi connectivity index (χ3n) is 4.87. The molecule has 3 rings (SSSR count). The van der Waals surface area contributed by atoms with E-state index >= 15 is 0 Å². The van der Waals surface area contributed by atoms with Gasteiger partial charge in [0.15, 0.2) is 0 Å². The molecule has 1 N–H and O–H groups in total. The number of nitrogens with zero attached hydrogens (tertiary/aromatic N) is 5. The summed E-state index contributed by atoms with van der Waals surface area (Å²) in [6.45, 7) is 4.01. The molecule has 0 spiro atoms. The van der Waals surface area contributed by atoms with Crippen LogP contribution in [0.25, 0.3) is 11.3 Å². The highest BCUT2D eigenvalue weighted by Gasteiger charge is 2.14. The Labute approximate surface area is 177 Å². The highest BCUT2D eigenvalue weighted by molar-refractivity contribution is 6.30. The summed E-state index contributed by atoms with van der Waals surface area (Å²) in [4.78, 5) is 18.0. The van der Waals surface area contributed by atoms with Crippen molar-refractivity contribution in [3.63, 3.8) is 0 Å². The van der Waals surface area contributed by atoms with Gasteiger partial charge in [-0.2, -0.15) is 0 Å². The SMILES string of the molecule is CNCCCN(C)c1nccc(-c2ccnc(N(C)c3cccc(Cl)c3)n2)c1C. The van der Waals surface area contributed by atoms with Crippen molar-refractivity contribution in [3.8, 4) is 11.3 Å². The number of hydrogen-bond donors (Lipinski definition) is 1. The second kappa shape index (κ2) is 9.67. The first-order valence-corrected chi connectivity index (χ1v) is 10.0. The van der Waals surface area contributed by atoms with Crippen LogP contribution in [0.5, 0.6) is 0 Å². The van der Waals surface area contributed by atoms with Gasteiger partial charge in [-0.1, -0.05) is 17.7 Å². The smallest absolute Gasteiger partial charge is 0.230 e. The zero-order valence-corrected chi connectivity index (χ0v) is 18.1. The third-order valence-corrected chi connectivity index (χ3v) is 5.11. The van der Waals surface area contributed by atoms with E-state index in [9.17, 15) is 0 Å². The van der Waals surface area contributed by atoms with E-state index in [4.69, 9.17) is 16.6 Å². The van der Waals surface area contributed by atoms with E-state index in [1.807, 2.05) is 61.6 Å². The number of rotatable bonds is 8. The van der Waals surface area contributed by atoms with Crippen LogP contribution in [-0.2, 0) is 0 Å². The monoisotopic (exact) mass is 410 g/mol. The normalized spacial score (nSPS) is 10.8. The summed E-state index contributed by atoms with van der Waals surface area (Å²) in [5.41, 5.74) is 3.97. The topological polar surface area (TPSA) is 57.2 Å². The summed E-state index contributed by atoms with van der Waals surface area (Å²) >= 11 is 6.13. The fraction of sp³-hybridized carbons (Fsp3) is 0.318. The number of nitrogens with one attached hydrogen (secondary N) is 1. The lowest BCUT2D eigenvalue weighted by molar-refractivity contribution is 0.708. The predicted molar refractivity (Wildman–Crippen MR) is 121 cm³/mol. The van der Waals surface area contributed by atoms with Crippen LogP contribution >= 0.6 is 11.6 Å². The molecule has 0 aliphatic heterocycles. The van der Waals surface area contributed by atoms with Gasteiger partial charge in [0.25, 0.3) is 0 Å². The largest absolute Gasteiger partial charge is 0.359 e. The molecule has 0 saturated heterocycles. The molecule has 0 fully saturated rings. The highest BCUT2D eigenvalue weighted by atomic mass is 35.5. The quantitative estimate of drug-likeness (QED) is 0.558. The van der Waals surface area contributed by atoms with Crippen LogP contribution in [0.15, 0.2) is 48.8 Å². The highest BCUT2D eigenvalue weighted by Crippen LogP contribution is 2.29. The molecule has 0 saturated carbocycles. The molecule has 6 nitrogen and oxygen atoms in total. The van der Waals surface area contributed by atoms with Gasteiger partial charge in [-0.15, -0.1) is 0 Å². The molecule has 29 heavy (non-hydrogen) atoms. The van der Waals surface area contributed by atoms with Gasteiger partial charge >= 0.3 is 0 Å². The Balaban J connectivity index is 1.90. The van der Waals surface area contributed by atoms with Gasteiger partial charge in [0.05, 0.1) is 5.69 Å². The number of halogens is 1. The number of pyridine rings is 1. The molecule has 152 valence electrons. The minimum Gasteiger partial charge on any atom is -0.359 e. The third kappa shape index (κ3) is 5.02. The second-order valence-electron chi connectivity index (χ2n) is 6.97. The average molecular weight is 411 g/mol. The van der Waals surface area contributed by atoms with Gasteiger partial charge in [0.1, 0.15) is 5.82 Å². The molecule has 3 aromatic rings. The van der Waals surface area contributed by atoms with Crippen LogP contribution in [0.2, 0.25) is 5.02 Å². The Morgan fingerprint density at radius 1 is 1.07 bits per heavy atom. The standard InChI is InChI=1S/C22H27ClN6/c1-16-19(9-12-25-21(16)28(3)14-6-11-24-2)20-10-13-26-22(27-20)29(4)18-8-5-7-17(23)15-18/h5,7-10,12-13,15,24H,6,11,14H2,1-4H3. The molecule has 0 radical (unpaired) electrons. The first-order chi connectivity index (χ1) is 14.0. The van der Waals surface area contributed by atoms with E-state index in [1.54, 1.807) is 6.20 Å². The molecule has 0 unspecified atom stereocenters. The average Bonchev–Trinajstić information content (AvgIpc) is 2.73. The van der Waals surface area contributed by atoms with Crippen molar-refractivity contribution in [1.82, 2.24) is 20.3 Å². The van der Waals surface area contributed by atoms with Crippen LogP contribution in [0.4, 0.5) is 17.5 Å². The van der Waals surface area contributed by atoms with Crippen LogP contribution in [-0.4, -0.2) is 49.2 Å².